The average Bonchev–Trinajstić information content (AvgIpc) is 2.88. The maximum Gasteiger partial charge on any atom is 0.354 e. The van der Waals surface area contributed by atoms with Gasteiger partial charge in [-0.1, -0.05) is 26.7 Å². The van der Waals surface area contributed by atoms with Crippen molar-refractivity contribution in [2.75, 3.05) is 5.32 Å². The second-order valence-electron chi connectivity index (χ2n) is 6.28. The standard InChI is InChI=1S/C16H22N2O3/c1-11(2)9-16(7-3-4-8-16)15(21)18-12-5-6-13(14(19)20)17-10-12/h5-6,10-11H,3-4,7-9H2,1-2H3,(H,18,21)(H,19,20). The van der Waals surface area contributed by atoms with Crippen LogP contribution in [0.15, 0.2) is 18.3 Å². The first-order chi connectivity index (χ1) is 9.93. The van der Waals surface area contributed by atoms with Crippen LogP contribution >= 0.6 is 0 Å². The summed E-state index contributed by atoms with van der Waals surface area (Å²) in [5.74, 6) is -0.556. The summed E-state index contributed by atoms with van der Waals surface area (Å²) >= 11 is 0. The van der Waals surface area contributed by atoms with Crippen LogP contribution in [0.4, 0.5) is 5.69 Å². The molecule has 5 heteroatoms. The summed E-state index contributed by atoms with van der Waals surface area (Å²) in [4.78, 5) is 27.2. The summed E-state index contributed by atoms with van der Waals surface area (Å²) in [6.07, 6.45) is 6.33. The Morgan fingerprint density at radius 3 is 2.48 bits per heavy atom. The van der Waals surface area contributed by atoms with E-state index in [-0.39, 0.29) is 17.0 Å². The van der Waals surface area contributed by atoms with Crippen LogP contribution in [0.2, 0.25) is 0 Å². The van der Waals surface area contributed by atoms with Gasteiger partial charge < -0.3 is 10.4 Å². The lowest BCUT2D eigenvalue weighted by Gasteiger charge is -2.29. The van der Waals surface area contributed by atoms with E-state index < -0.39 is 5.97 Å². The van der Waals surface area contributed by atoms with Crippen LogP contribution in [0.5, 0.6) is 0 Å². The van der Waals surface area contributed by atoms with Crippen molar-refractivity contribution in [3.8, 4) is 0 Å². The van der Waals surface area contributed by atoms with E-state index in [1.165, 1.54) is 12.3 Å². The number of carboxylic acid groups (broad SMARTS) is 1. The molecule has 21 heavy (non-hydrogen) atoms. The maximum absolute atomic E-state index is 12.6. The number of amides is 1. The molecule has 1 fully saturated rings. The molecule has 1 aliphatic rings. The molecule has 0 aliphatic heterocycles. The van der Waals surface area contributed by atoms with Crippen LogP contribution in [0.3, 0.4) is 0 Å². The van der Waals surface area contributed by atoms with Crippen molar-refractivity contribution in [1.82, 2.24) is 4.98 Å². The average molecular weight is 290 g/mol. The van der Waals surface area contributed by atoms with Crippen molar-refractivity contribution in [3.05, 3.63) is 24.0 Å². The minimum absolute atomic E-state index is 0.0224. The summed E-state index contributed by atoms with van der Waals surface area (Å²) in [5, 5.41) is 11.7. The van der Waals surface area contributed by atoms with Gasteiger partial charge in [0, 0.05) is 5.41 Å². The van der Waals surface area contributed by atoms with Gasteiger partial charge in [0.15, 0.2) is 0 Å². The highest BCUT2D eigenvalue weighted by molar-refractivity contribution is 5.95. The number of nitrogens with zero attached hydrogens (tertiary/aromatic N) is 1. The van der Waals surface area contributed by atoms with Gasteiger partial charge in [-0.15, -0.1) is 0 Å². The Hall–Kier alpha value is -1.91. The molecular formula is C16H22N2O3. The van der Waals surface area contributed by atoms with E-state index in [1.807, 2.05) is 0 Å². The monoisotopic (exact) mass is 290 g/mol. The predicted molar refractivity (Wildman–Crippen MR) is 80.2 cm³/mol. The second-order valence-corrected chi connectivity index (χ2v) is 6.28. The fourth-order valence-electron chi connectivity index (χ4n) is 3.22. The van der Waals surface area contributed by atoms with E-state index in [2.05, 4.69) is 24.1 Å². The Kier molecular flexibility index (Phi) is 4.60. The molecule has 0 aromatic carbocycles. The third-order valence-electron chi connectivity index (χ3n) is 4.08. The topological polar surface area (TPSA) is 79.3 Å². The highest BCUT2D eigenvalue weighted by Crippen LogP contribution is 2.44. The van der Waals surface area contributed by atoms with Gasteiger partial charge >= 0.3 is 5.97 Å². The first kappa shape index (κ1) is 15.5. The molecule has 1 amide bonds. The van der Waals surface area contributed by atoms with Crippen LogP contribution in [-0.2, 0) is 4.79 Å². The Labute approximate surface area is 124 Å². The van der Waals surface area contributed by atoms with Gasteiger partial charge in [0.2, 0.25) is 5.91 Å². The number of carbonyl (C=O) groups excluding carboxylic acids is 1. The minimum atomic E-state index is -1.07. The number of hydrogen-bond acceptors (Lipinski definition) is 3. The third kappa shape index (κ3) is 3.60. The molecule has 1 aromatic heterocycles. The zero-order chi connectivity index (χ0) is 15.5. The van der Waals surface area contributed by atoms with Crippen molar-refractivity contribution in [2.45, 2.75) is 46.0 Å². The van der Waals surface area contributed by atoms with Gasteiger partial charge in [0.05, 0.1) is 11.9 Å². The van der Waals surface area contributed by atoms with E-state index in [1.54, 1.807) is 6.07 Å². The van der Waals surface area contributed by atoms with E-state index in [0.717, 1.165) is 32.1 Å². The molecule has 0 spiro atoms. The Bertz CT molecular complexity index is 517. The number of carbonyl (C=O) groups is 2. The lowest BCUT2D eigenvalue weighted by Crippen LogP contribution is -2.35. The van der Waals surface area contributed by atoms with Gasteiger partial charge in [-0.2, -0.15) is 0 Å². The fraction of sp³-hybridized carbons (Fsp3) is 0.562. The molecule has 0 atom stereocenters. The van der Waals surface area contributed by atoms with E-state index in [4.69, 9.17) is 5.11 Å². The molecule has 2 N–H and O–H groups in total. The van der Waals surface area contributed by atoms with Crippen molar-refractivity contribution >= 4 is 17.6 Å². The molecule has 2 rings (SSSR count). The molecule has 1 saturated carbocycles. The molecule has 5 nitrogen and oxygen atoms in total. The fourth-order valence-corrected chi connectivity index (χ4v) is 3.22. The Morgan fingerprint density at radius 1 is 1.33 bits per heavy atom. The normalized spacial score (nSPS) is 16.9. The van der Waals surface area contributed by atoms with E-state index in [9.17, 15) is 9.59 Å². The number of nitrogens with one attached hydrogen (secondary N) is 1. The van der Waals surface area contributed by atoms with Gasteiger partial charge in [-0.25, -0.2) is 9.78 Å². The highest BCUT2D eigenvalue weighted by atomic mass is 16.4. The van der Waals surface area contributed by atoms with Gasteiger partial charge in [-0.05, 0) is 37.3 Å². The zero-order valence-electron chi connectivity index (χ0n) is 12.6. The smallest absolute Gasteiger partial charge is 0.354 e. The van der Waals surface area contributed by atoms with Crippen LogP contribution < -0.4 is 5.32 Å². The van der Waals surface area contributed by atoms with Crippen LogP contribution in [0.1, 0.15) is 56.4 Å². The predicted octanol–water partition coefficient (Wildman–Crippen LogP) is 3.32. The number of rotatable bonds is 5. The van der Waals surface area contributed by atoms with Gasteiger partial charge in [0.25, 0.3) is 0 Å². The van der Waals surface area contributed by atoms with Crippen molar-refractivity contribution in [1.29, 1.82) is 0 Å². The molecule has 0 bridgehead atoms. The lowest BCUT2D eigenvalue weighted by atomic mass is 9.77. The first-order valence-electron chi connectivity index (χ1n) is 7.44. The zero-order valence-corrected chi connectivity index (χ0v) is 12.6. The summed E-state index contributed by atoms with van der Waals surface area (Å²) in [6, 6.07) is 2.99. The van der Waals surface area contributed by atoms with E-state index in [0.29, 0.717) is 11.6 Å². The molecule has 1 aromatic rings. The SMILES string of the molecule is CC(C)CC1(C(=O)Nc2ccc(C(=O)O)nc2)CCCC1. The third-order valence-corrected chi connectivity index (χ3v) is 4.08. The van der Waals surface area contributed by atoms with Gasteiger partial charge in [0.1, 0.15) is 5.69 Å². The molecular weight excluding hydrogens is 268 g/mol. The van der Waals surface area contributed by atoms with Crippen LogP contribution in [-0.4, -0.2) is 22.0 Å². The Balaban J connectivity index is 2.10. The lowest BCUT2D eigenvalue weighted by molar-refractivity contribution is -0.126. The second kappa shape index (κ2) is 6.24. The molecule has 114 valence electrons. The summed E-state index contributed by atoms with van der Waals surface area (Å²) in [5.41, 5.74) is 0.255. The molecule has 1 heterocycles. The summed E-state index contributed by atoms with van der Waals surface area (Å²) in [7, 11) is 0. The number of aromatic nitrogens is 1. The van der Waals surface area contributed by atoms with Crippen molar-refractivity contribution in [2.24, 2.45) is 11.3 Å². The van der Waals surface area contributed by atoms with E-state index >= 15 is 0 Å². The van der Waals surface area contributed by atoms with Crippen molar-refractivity contribution in [3.63, 3.8) is 0 Å². The number of hydrogen-bond donors (Lipinski definition) is 2. The highest BCUT2D eigenvalue weighted by Gasteiger charge is 2.41. The van der Waals surface area contributed by atoms with Crippen LogP contribution in [0.25, 0.3) is 0 Å². The first-order valence-corrected chi connectivity index (χ1v) is 7.44. The molecule has 0 radical (unpaired) electrons. The Morgan fingerprint density at radius 2 is 2.00 bits per heavy atom. The van der Waals surface area contributed by atoms with Crippen LogP contribution in [0, 0.1) is 11.3 Å². The largest absolute Gasteiger partial charge is 0.477 e. The van der Waals surface area contributed by atoms with Crippen molar-refractivity contribution < 1.29 is 14.7 Å². The van der Waals surface area contributed by atoms with Gasteiger partial charge in [-0.3, -0.25) is 4.79 Å². The molecule has 0 saturated heterocycles. The molecule has 0 unspecified atom stereocenters. The number of aromatic carboxylic acids is 1. The quantitative estimate of drug-likeness (QED) is 0.871. The maximum atomic E-state index is 12.6. The number of carboxylic acids is 1. The minimum Gasteiger partial charge on any atom is -0.477 e. The number of anilines is 1. The number of pyridine rings is 1. The summed E-state index contributed by atoms with van der Waals surface area (Å²) in [6.45, 7) is 4.27. The molecule has 1 aliphatic carbocycles. The summed E-state index contributed by atoms with van der Waals surface area (Å²) < 4.78 is 0.